The number of esters is 1. The average Bonchev–Trinajstić information content (AvgIpc) is 2.60. The zero-order valence-corrected chi connectivity index (χ0v) is 14.7. The van der Waals surface area contributed by atoms with Crippen molar-refractivity contribution >= 4 is 5.97 Å². The smallest absolute Gasteiger partial charge is 0.335 e. The number of ether oxygens (including phenoxy) is 1. The first-order valence-corrected chi connectivity index (χ1v) is 8.89. The molecule has 0 aliphatic heterocycles. The number of hydrogen-bond donors (Lipinski definition) is 2. The number of aliphatic hydroxyl groups excluding tert-OH is 2. The molecule has 0 saturated heterocycles. The van der Waals surface area contributed by atoms with Gasteiger partial charge in [0.25, 0.3) is 0 Å². The maximum absolute atomic E-state index is 11.5. The van der Waals surface area contributed by atoms with E-state index in [1.807, 2.05) is 6.07 Å². The van der Waals surface area contributed by atoms with Gasteiger partial charge in [0.15, 0.2) is 0 Å². The molecule has 0 aliphatic rings. The summed E-state index contributed by atoms with van der Waals surface area (Å²) in [5, 5.41) is 19.4. The average molecular weight is 334 g/mol. The zero-order valence-electron chi connectivity index (χ0n) is 14.7. The maximum atomic E-state index is 11.5. The molecule has 0 amide bonds. The molecule has 1 aromatic carbocycles. The summed E-state index contributed by atoms with van der Waals surface area (Å²) in [4.78, 5) is 11.5. The number of unbranched alkanes of at least 4 members (excludes halogenated alkanes) is 6. The molecule has 1 atom stereocenters. The Bertz CT molecular complexity index is 510. The molecule has 0 saturated carbocycles. The van der Waals surface area contributed by atoms with E-state index in [1.54, 1.807) is 12.1 Å². The third kappa shape index (κ3) is 6.85. The lowest BCUT2D eigenvalue weighted by Crippen LogP contribution is -2.12. The molecule has 1 unspecified atom stereocenters. The van der Waals surface area contributed by atoms with Crippen molar-refractivity contribution in [1.82, 2.24) is 0 Å². The molecule has 0 spiro atoms. The van der Waals surface area contributed by atoms with E-state index in [2.05, 4.69) is 13.5 Å². The Morgan fingerprint density at radius 1 is 1.21 bits per heavy atom. The number of benzene rings is 1. The molecule has 0 bridgehead atoms. The van der Waals surface area contributed by atoms with Crippen molar-refractivity contribution in [2.24, 2.45) is 0 Å². The topological polar surface area (TPSA) is 66.8 Å². The molecular formula is C20H30O4. The standard InChI is InChI=1S/C20H30O4/c1-3-5-6-7-8-9-10-12-16-13-11-14-18(24-19(23)4-2)20(16)17(22)15-21/h4,11,13-14,17,21-22H,2-3,5-10,12,15H2,1H3. The van der Waals surface area contributed by atoms with Crippen LogP contribution in [0.5, 0.6) is 5.75 Å². The Kier molecular flexibility index (Phi) is 10.0. The number of hydrogen-bond acceptors (Lipinski definition) is 4. The highest BCUT2D eigenvalue weighted by Gasteiger charge is 2.18. The quantitative estimate of drug-likeness (QED) is 0.261. The fraction of sp³-hybridized carbons (Fsp3) is 0.550. The van der Waals surface area contributed by atoms with E-state index in [9.17, 15) is 15.0 Å². The van der Waals surface area contributed by atoms with Gasteiger partial charge in [-0.15, -0.1) is 0 Å². The Balaban J connectivity index is 2.69. The van der Waals surface area contributed by atoms with E-state index in [-0.39, 0.29) is 0 Å². The highest BCUT2D eigenvalue weighted by molar-refractivity contribution is 5.83. The van der Waals surface area contributed by atoms with Crippen molar-refractivity contribution in [3.8, 4) is 5.75 Å². The summed E-state index contributed by atoms with van der Waals surface area (Å²) >= 11 is 0. The number of carbonyl (C=O) groups is 1. The van der Waals surface area contributed by atoms with E-state index in [0.717, 1.165) is 30.9 Å². The Labute approximate surface area is 145 Å². The number of carbonyl (C=O) groups excluding carboxylic acids is 1. The minimum Gasteiger partial charge on any atom is -0.423 e. The van der Waals surface area contributed by atoms with Gasteiger partial charge in [0, 0.05) is 11.6 Å². The van der Waals surface area contributed by atoms with Crippen molar-refractivity contribution in [3.63, 3.8) is 0 Å². The number of aliphatic hydroxyl groups is 2. The monoisotopic (exact) mass is 334 g/mol. The molecule has 134 valence electrons. The van der Waals surface area contributed by atoms with Crippen LogP contribution in [0, 0.1) is 0 Å². The third-order valence-electron chi connectivity index (χ3n) is 4.09. The lowest BCUT2D eigenvalue weighted by Gasteiger charge is -2.17. The highest BCUT2D eigenvalue weighted by atomic mass is 16.5. The number of aryl methyl sites for hydroxylation is 1. The summed E-state index contributed by atoms with van der Waals surface area (Å²) in [5.74, 6) is -0.281. The molecule has 0 radical (unpaired) electrons. The van der Waals surface area contributed by atoms with Crippen molar-refractivity contribution in [1.29, 1.82) is 0 Å². The minimum atomic E-state index is -1.06. The van der Waals surface area contributed by atoms with Crippen LogP contribution in [0.4, 0.5) is 0 Å². The summed E-state index contributed by atoms with van der Waals surface area (Å²) in [7, 11) is 0. The van der Waals surface area contributed by atoms with E-state index < -0.39 is 18.7 Å². The van der Waals surface area contributed by atoms with Crippen LogP contribution in [0.1, 0.15) is 69.1 Å². The highest BCUT2D eigenvalue weighted by Crippen LogP contribution is 2.30. The van der Waals surface area contributed by atoms with Gasteiger partial charge in [0.05, 0.1) is 6.61 Å². The molecule has 0 aliphatic carbocycles. The van der Waals surface area contributed by atoms with Gasteiger partial charge in [-0.3, -0.25) is 0 Å². The lowest BCUT2D eigenvalue weighted by atomic mass is 9.96. The van der Waals surface area contributed by atoms with Gasteiger partial charge in [-0.1, -0.05) is 64.2 Å². The van der Waals surface area contributed by atoms with Crippen LogP contribution >= 0.6 is 0 Å². The largest absolute Gasteiger partial charge is 0.423 e. The lowest BCUT2D eigenvalue weighted by molar-refractivity contribution is -0.129. The van der Waals surface area contributed by atoms with Crippen molar-refractivity contribution in [2.75, 3.05) is 6.61 Å². The predicted octanol–water partition coefficient (Wildman–Crippen LogP) is 4.10. The molecule has 0 fully saturated rings. The van der Waals surface area contributed by atoms with Gasteiger partial charge in [-0.05, 0) is 24.5 Å². The van der Waals surface area contributed by atoms with Crippen LogP contribution in [-0.4, -0.2) is 22.8 Å². The van der Waals surface area contributed by atoms with Crippen LogP contribution in [0.25, 0.3) is 0 Å². The molecule has 4 nitrogen and oxygen atoms in total. The normalized spacial score (nSPS) is 12.0. The van der Waals surface area contributed by atoms with Gasteiger partial charge >= 0.3 is 5.97 Å². The first-order valence-electron chi connectivity index (χ1n) is 8.89. The van der Waals surface area contributed by atoms with Crippen LogP contribution in [0.3, 0.4) is 0 Å². The van der Waals surface area contributed by atoms with Crippen molar-refractivity contribution < 1.29 is 19.7 Å². The fourth-order valence-corrected chi connectivity index (χ4v) is 2.79. The fourth-order valence-electron chi connectivity index (χ4n) is 2.79. The third-order valence-corrected chi connectivity index (χ3v) is 4.09. The van der Waals surface area contributed by atoms with Crippen molar-refractivity contribution in [2.45, 2.75) is 64.4 Å². The minimum absolute atomic E-state index is 0.293. The summed E-state index contributed by atoms with van der Waals surface area (Å²) < 4.78 is 5.20. The Morgan fingerprint density at radius 2 is 1.88 bits per heavy atom. The summed E-state index contributed by atoms with van der Waals surface area (Å²) in [6.07, 6.45) is 9.27. The van der Waals surface area contributed by atoms with Gasteiger partial charge in [0.1, 0.15) is 11.9 Å². The van der Waals surface area contributed by atoms with E-state index >= 15 is 0 Å². The summed E-state index contributed by atoms with van der Waals surface area (Å²) in [6, 6.07) is 5.34. The van der Waals surface area contributed by atoms with Gasteiger partial charge in [-0.25, -0.2) is 4.79 Å². The molecule has 4 heteroatoms. The second-order valence-corrected chi connectivity index (χ2v) is 6.02. The number of rotatable bonds is 12. The summed E-state index contributed by atoms with van der Waals surface area (Å²) in [6.45, 7) is 5.18. The van der Waals surface area contributed by atoms with E-state index in [0.29, 0.717) is 11.3 Å². The second-order valence-electron chi connectivity index (χ2n) is 6.02. The van der Waals surface area contributed by atoms with Crippen LogP contribution in [0.15, 0.2) is 30.9 Å². The Hall–Kier alpha value is -1.65. The molecule has 1 aromatic rings. The van der Waals surface area contributed by atoms with Crippen LogP contribution < -0.4 is 4.74 Å². The maximum Gasteiger partial charge on any atom is 0.335 e. The molecule has 0 aromatic heterocycles. The second kappa shape index (κ2) is 11.8. The Morgan fingerprint density at radius 3 is 2.50 bits per heavy atom. The van der Waals surface area contributed by atoms with E-state index in [1.165, 1.54) is 32.1 Å². The van der Waals surface area contributed by atoms with Crippen LogP contribution in [0.2, 0.25) is 0 Å². The summed E-state index contributed by atoms with van der Waals surface area (Å²) in [5.41, 5.74) is 1.42. The van der Waals surface area contributed by atoms with Crippen LogP contribution in [-0.2, 0) is 11.2 Å². The molecule has 2 N–H and O–H groups in total. The molecule has 1 rings (SSSR count). The molecule has 0 heterocycles. The van der Waals surface area contributed by atoms with Gasteiger partial charge in [-0.2, -0.15) is 0 Å². The first kappa shape index (κ1) is 20.4. The van der Waals surface area contributed by atoms with E-state index in [4.69, 9.17) is 4.74 Å². The SMILES string of the molecule is C=CC(=O)Oc1cccc(CCCCCCCCC)c1C(O)CO. The van der Waals surface area contributed by atoms with Gasteiger partial charge < -0.3 is 14.9 Å². The predicted molar refractivity (Wildman–Crippen MR) is 96.0 cm³/mol. The first-order chi connectivity index (χ1) is 11.6. The zero-order chi connectivity index (χ0) is 17.8. The molecular weight excluding hydrogens is 304 g/mol. The molecule has 24 heavy (non-hydrogen) atoms. The van der Waals surface area contributed by atoms with Gasteiger partial charge in [0.2, 0.25) is 0 Å². The van der Waals surface area contributed by atoms with Crippen molar-refractivity contribution in [3.05, 3.63) is 42.0 Å².